The summed E-state index contributed by atoms with van der Waals surface area (Å²) < 4.78 is 5.74. The molecule has 0 spiro atoms. The van der Waals surface area contributed by atoms with Crippen LogP contribution in [0.5, 0.6) is 0 Å². The molecule has 0 aromatic carbocycles. The van der Waals surface area contributed by atoms with Crippen molar-refractivity contribution < 1.29 is 4.74 Å². The van der Waals surface area contributed by atoms with Crippen molar-refractivity contribution in [2.24, 2.45) is 0 Å². The van der Waals surface area contributed by atoms with Crippen LogP contribution in [-0.4, -0.2) is 19.2 Å². The molecule has 0 saturated heterocycles. The Morgan fingerprint density at radius 3 is 2.19 bits per heavy atom. The number of nitrogens with one attached hydrogen (secondary N) is 1. The quantitative estimate of drug-likeness (QED) is 0.422. The second-order valence-corrected chi connectivity index (χ2v) is 6.37. The van der Waals surface area contributed by atoms with Gasteiger partial charge in [0.2, 0.25) is 0 Å². The Morgan fingerprint density at radius 1 is 0.952 bits per heavy atom. The fourth-order valence-corrected chi connectivity index (χ4v) is 3.00. The zero-order valence-corrected chi connectivity index (χ0v) is 14.5. The average molecular weight is 296 g/mol. The Kier molecular flexibility index (Phi) is 11.6. The highest BCUT2D eigenvalue weighted by atomic mass is 16.5. The summed E-state index contributed by atoms with van der Waals surface area (Å²) in [5, 5.41) is 3.64. The predicted molar refractivity (Wildman–Crippen MR) is 92.6 cm³/mol. The number of hydrogen-bond acceptors (Lipinski definition) is 2. The third kappa shape index (κ3) is 9.18. The van der Waals surface area contributed by atoms with E-state index in [1.54, 1.807) is 0 Å². The average Bonchev–Trinajstić information content (AvgIpc) is 3.02. The molecule has 1 heterocycles. The molecule has 2 nitrogen and oxygen atoms in total. The van der Waals surface area contributed by atoms with Crippen LogP contribution in [0.4, 0.5) is 0 Å². The van der Waals surface area contributed by atoms with Gasteiger partial charge in [-0.05, 0) is 25.5 Å². The van der Waals surface area contributed by atoms with Gasteiger partial charge in [0, 0.05) is 6.42 Å². The fourth-order valence-electron chi connectivity index (χ4n) is 3.00. The van der Waals surface area contributed by atoms with Gasteiger partial charge in [-0.15, -0.1) is 0 Å². The Labute approximate surface area is 132 Å². The molecule has 1 N–H and O–H groups in total. The predicted octanol–water partition coefficient (Wildman–Crippen LogP) is 5.58. The van der Waals surface area contributed by atoms with E-state index in [9.17, 15) is 0 Å². The van der Waals surface area contributed by atoms with E-state index in [-0.39, 0.29) is 0 Å². The lowest BCUT2D eigenvalue weighted by molar-refractivity contribution is 0.210. The van der Waals surface area contributed by atoms with Crippen LogP contribution in [0.15, 0.2) is 11.8 Å². The monoisotopic (exact) mass is 295 g/mol. The summed E-state index contributed by atoms with van der Waals surface area (Å²) in [7, 11) is 0. The minimum Gasteiger partial charge on any atom is -0.496 e. The highest BCUT2D eigenvalue weighted by Gasteiger charge is 2.17. The van der Waals surface area contributed by atoms with Gasteiger partial charge in [-0.25, -0.2) is 0 Å². The SMILES string of the molecule is CCCCCCCCCCCC(NCCC)C1=CCCO1. The maximum absolute atomic E-state index is 5.74. The van der Waals surface area contributed by atoms with E-state index in [0.717, 1.165) is 19.6 Å². The molecule has 0 aromatic rings. The van der Waals surface area contributed by atoms with Gasteiger partial charge >= 0.3 is 0 Å². The maximum Gasteiger partial charge on any atom is 0.109 e. The van der Waals surface area contributed by atoms with Crippen LogP contribution in [0.2, 0.25) is 0 Å². The molecule has 1 atom stereocenters. The van der Waals surface area contributed by atoms with Gasteiger partial charge in [0.25, 0.3) is 0 Å². The van der Waals surface area contributed by atoms with Gasteiger partial charge in [0.15, 0.2) is 0 Å². The summed E-state index contributed by atoms with van der Waals surface area (Å²) in [6.45, 7) is 6.50. The molecule has 124 valence electrons. The van der Waals surface area contributed by atoms with Crippen LogP contribution in [-0.2, 0) is 4.74 Å². The summed E-state index contributed by atoms with van der Waals surface area (Å²) in [5.74, 6) is 1.21. The first-order valence-corrected chi connectivity index (χ1v) is 9.44. The first-order chi connectivity index (χ1) is 10.4. The molecule has 0 aliphatic carbocycles. The van der Waals surface area contributed by atoms with Crippen molar-refractivity contribution in [1.29, 1.82) is 0 Å². The van der Waals surface area contributed by atoms with E-state index >= 15 is 0 Å². The molecule has 21 heavy (non-hydrogen) atoms. The lowest BCUT2D eigenvalue weighted by Gasteiger charge is -2.19. The highest BCUT2D eigenvalue weighted by molar-refractivity contribution is 5.06. The topological polar surface area (TPSA) is 21.3 Å². The molecule has 0 radical (unpaired) electrons. The zero-order chi connectivity index (χ0) is 15.2. The van der Waals surface area contributed by atoms with Crippen LogP contribution in [0.1, 0.15) is 90.9 Å². The smallest absolute Gasteiger partial charge is 0.109 e. The van der Waals surface area contributed by atoms with Gasteiger partial charge in [-0.3, -0.25) is 0 Å². The molecule has 0 amide bonds. The van der Waals surface area contributed by atoms with E-state index in [1.165, 1.54) is 76.4 Å². The summed E-state index contributed by atoms with van der Waals surface area (Å²) in [4.78, 5) is 0. The summed E-state index contributed by atoms with van der Waals surface area (Å²) in [6.07, 6.45) is 18.4. The summed E-state index contributed by atoms with van der Waals surface area (Å²) in [6, 6.07) is 0.469. The minimum absolute atomic E-state index is 0.469. The van der Waals surface area contributed by atoms with Crippen molar-refractivity contribution in [1.82, 2.24) is 5.32 Å². The van der Waals surface area contributed by atoms with Crippen molar-refractivity contribution in [3.05, 3.63) is 11.8 Å². The van der Waals surface area contributed by atoms with Crippen molar-refractivity contribution in [2.75, 3.05) is 13.2 Å². The molecule has 1 rings (SSSR count). The third-order valence-electron chi connectivity index (χ3n) is 4.31. The van der Waals surface area contributed by atoms with E-state index in [0.29, 0.717) is 6.04 Å². The molecule has 0 saturated carbocycles. The molecule has 1 aliphatic heterocycles. The number of ether oxygens (including phenoxy) is 1. The molecule has 2 heteroatoms. The van der Waals surface area contributed by atoms with Crippen LogP contribution in [0.3, 0.4) is 0 Å². The number of unbranched alkanes of at least 4 members (excludes halogenated alkanes) is 8. The standard InChI is InChI=1S/C19H37NO/c1-3-5-6-7-8-9-10-11-12-14-18(20-16-4-2)19-15-13-17-21-19/h15,18,20H,3-14,16-17H2,1-2H3. The Morgan fingerprint density at radius 2 is 1.62 bits per heavy atom. The van der Waals surface area contributed by atoms with E-state index < -0.39 is 0 Å². The Hall–Kier alpha value is -0.500. The van der Waals surface area contributed by atoms with Gasteiger partial charge in [-0.1, -0.05) is 71.6 Å². The minimum atomic E-state index is 0.469. The van der Waals surface area contributed by atoms with Crippen LogP contribution in [0, 0.1) is 0 Å². The molecule has 0 fully saturated rings. The maximum atomic E-state index is 5.74. The number of hydrogen-bond donors (Lipinski definition) is 1. The fraction of sp³-hybridized carbons (Fsp3) is 0.895. The zero-order valence-electron chi connectivity index (χ0n) is 14.5. The molecule has 1 unspecified atom stereocenters. The van der Waals surface area contributed by atoms with E-state index in [2.05, 4.69) is 25.2 Å². The lowest BCUT2D eigenvalue weighted by Crippen LogP contribution is -2.31. The Bertz CT molecular complexity index is 262. The molecule has 1 aliphatic rings. The first kappa shape index (κ1) is 18.5. The number of rotatable bonds is 14. The summed E-state index contributed by atoms with van der Waals surface area (Å²) in [5.41, 5.74) is 0. The van der Waals surface area contributed by atoms with Gasteiger partial charge in [0.1, 0.15) is 5.76 Å². The molecular formula is C19H37NO. The molecule has 0 aromatic heterocycles. The van der Waals surface area contributed by atoms with Crippen molar-refractivity contribution >= 4 is 0 Å². The van der Waals surface area contributed by atoms with E-state index in [1.807, 2.05) is 0 Å². The second-order valence-electron chi connectivity index (χ2n) is 6.37. The van der Waals surface area contributed by atoms with Crippen LogP contribution in [0.25, 0.3) is 0 Å². The van der Waals surface area contributed by atoms with E-state index in [4.69, 9.17) is 4.74 Å². The lowest BCUT2D eigenvalue weighted by atomic mass is 10.0. The Balaban J connectivity index is 2.02. The highest BCUT2D eigenvalue weighted by Crippen LogP contribution is 2.19. The van der Waals surface area contributed by atoms with Crippen molar-refractivity contribution in [3.63, 3.8) is 0 Å². The van der Waals surface area contributed by atoms with Crippen molar-refractivity contribution in [2.45, 2.75) is 96.9 Å². The largest absolute Gasteiger partial charge is 0.496 e. The molecule has 0 bridgehead atoms. The first-order valence-electron chi connectivity index (χ1n) is 9.44. The second kappa shape index (κ2) is 13.2. The normalized spacial score (nSPS) is 15.8. The van der Waals surface area contributed by atoms with Crippen LogP contribution < -0.4 is 5.32 Å². The van der Waals surface area contributed by atoms with Crippen molar-refractivity contribution in [3.8, 4) is 0 Å². The molecular weight excluding hydrogens is 258 g/mol. The third-order valence-corrected chi connectivity index (χ3v) is 4.31. The van der Waals surface area contributed by atoms with Gasteiger partial charge in [-0.2, -0.15) is 0 Å². The van der Waals surface area contributed by atoms with Gasteiger partial charge < -0.3 is 10.1 Å². The van der Waals surface area contributed by atoms with Gasteiger partial charge in [0.05, 0.1) is 12.6 Å². The summed E-state index contributed by atoms with van der Waals surface area (Å²) >= 11 is 0. The van der Waals surface area contributed by atoms with Crippen LogP contribution >= 0.6 is 0 Å².